The van der Waals surface area contributed by atoms with Crippen LogP contribution in [0.25, 0.3) is 5.13 Å². The molecule has 0 fully saturated rings. The molecule has 2 aromatic rings. The average Bonchev–Trinajstić information content (AvgIpc) is 2.70. The Labute approximate surface area is 94.6 Å². The molecule has 0 aliphatic rings. The van der Waals surface area contributed by atoms with Gasteiger partial charge in [-0.3, -0.25) is 9.36 Å². The van der Waals surface area contributed by atoms with Crippen LogP contribution in [0.2, 0.25) is 0 Å². The first-order chi connectivity index (χ1) is 7.61. The van der Waals surface area contributed by atoms with Crippen molar-refractivity contribution < 1.29 is 9.90 Å². The van der Waals surface area contributed by atoms with Crippen molar-refractivity contribution in [3.05, 3.63) is 45.3 Å². The molecule has 0 unspecified atom stereocenters. The number of aromatic nitrogens is 2. The average molecular weight is 236 g/mol. The lowest BCUT2D eigenvalue weighted by molar-refractivity contribution is 0.0695. The second kappa shape index (κ2) is 3.90. The molecule has 2 rings (SSSR count). The third kappa shape index (κ3) is 1.63. The molecule has 82 valence electrons. The number of carboxylic acids is 1. The molecule has 0 aromatic carbocycles. The molecule has 2 aromatic heterocycles. The van der Waals surface area contributed by atoms with Crippen molar-refractivity contribution >= 4 is 17.3 Å². The number of rotatable bonds is 2. The minimum atomic E-state index is -1.05. The highest BCUT2D eigenvalue weighted by Crippen LogP contribution is 2.13. The van der Waals surface area contributed by atoms with Gasteiger partial charge in [-0.2, -0.15) is 0 Å². The van der Waals surface area contributed by atoms with E-state index >= 15 is 0 Å². The molecule has 0 atom stereocenters. The van der Waals surface area contributed by atoms with Crippen LogP contribution in [0, 0.1) is 6.92 Å². The van der Waals surface area contributed by atoms with Gasteiger partial charge in [-0.1, -0.05) is 0 Å². The second-order valence-electron chi connectivity index (χ2n) is 3.13. The molecule has 5 nitrogen and oxygen atoms in total. The van der Waals surface area contributed by atoms with E-state index in [0.29, 0.717) is 10.8 Å². The van der Waals surface area contributed by atoms with Crippen LogP contribution in [0.15, 0.2) is 28.5 Å². The predicted molar refractivity (Wildman–Crippen MR) is 59.4 cm³/mol. The van der Waals surface area contributed by atoms with Crippen LogP contribution >= 0.6 is 11.3 Å². The zero-order chi connectivity index (χ0) is 11.7. The fraction of sp³-hybridized carbons (Fsp3) is 0.100. The maximum atomic E-state index is 11.6. The van der Waals surface area contributed by atoms with Gasteiger partial charge in [0.1, 0.15) is 0 Å². The highest BCUT2D eigenvalue weighted by atomic mass is 32.1. The molecule has 16 heavy (non-hydrogen) atoms. The number of carboxylic acid groups (broad SMARTS) is 1. The number of thiazole rings is 1. The van der Waals surface area contributed by atoms with Gasteiger partial charge >= 0.3 is 5.97 Å². The minimum absolute atomic E-state index is 0.106. The van der Waals surface area contributed by atoms with Crippen molar-refractivity contribution in [2.75, 3.05) is 0 Å². The van der Waals surface area contributed by atoms with Crippen molar-refractivity contribution in [1.29, 1.82) is 0 Å². The predicted octanol–water partition coefficient (Wildman–Crippen LogP) is 1.30. The molecule has 0 aliphatic carbocycles. The second-order valence-corrected chi connectivity index (χ2v) is 4.00. The molecule has 0 radical (unpaired) electrons. The van der Waals surface area contributed by atoms with Crippen molar-refractivity contribution in [3.63, 3.8) is 0 Å². The summed E-state index contributed by atoms with van der Waals surface area (Å²) in [5, 5.41) is 11.2. The van der Waals surface area contributed by atoms with Gasteiger partial charge in [-0.25, -0.2) is 9.78 Å². The van der Waals surface area contributed by atoms with Gasteiger partial charge in [-0.05, 0) is 13.0 Å². The maximum Gasteiger partial charge on any atom is 0.337 e. The first-order valence-corrected chi connectivity index (χ1v) is 5.35. The van der Waals surface area contributed by atoms with Crippen LogP contribution in [0.3, 0.4) is 0 Å². The lowest BCUT2D eigenvalue weighted by Crippen LogP contribution is -2.22. The summed E-state index contributed by atoms with van der Waals surface area (Å²) in [6, 6.07) is 2.54. The van der Waals surface area contributed by atoms with Gasteiger partial charge in [0.25, 0.3) is 5.56 Å². The van der Waals surface area contributed by atoms with Crippen LogP contribution in [-0.2, 0) is 0 Å². The van der Waals surface area contributed by atoms with Gasteiger partial charge in [0, 0.05) is 23.3 Å². The van der Waals surface area contributed by atoms with Gasteiger partial charge < -0.3 is 5.11 Å². The molecule has 2 heterocycles. The Morgan fingerprint density at radius 1 is 1.50 bits per heavy atom. The fourth-order valence-electron chi connectivity index (χ4n) is 1.43. The van der Waals surface area contributed by atoms with E-state index in [0.717, 1.165) is 0 Å². The van der Waals surface area contributed by atoms with E-state index in [1.807, 2.05) is 0 Å². The van der Waals surface area contributed by atoms with Gasteiger partial charge in [0.05, 0.1) is 5.56 Å². The standard InChI is InChI=1S/C10H8N2O3S/c1-6-7(9(14)15)2-3-8(13)12(6)10-11-4-5-16-10/h2-5H,1H3,(H,14,15). The third-order valence-electron chi connectivity index (χ3n) is 2.18. The van der Waals surface area contributed by atoms with E-state index in [-0.39, 0.29) is 11.1 Å². The summed E-state index contributed by atoms with van der Waals surface area (Å²) in [7, 11) is 0. The number of hydrogen-bond acceptors (Lipinski definition) is 4. The lowest BCUT2D eigenvalue weighted by atomic mass is 10.2. The van der Waals surface area contributed by atoms with Crippen molar-refractivity contribution in [1.82, 2.24) is 9.55 Å². The quantitative estimate of drug-likeness (QED) is 0.853. The highest BCUT2D eigenvalue weighted by molar-refractivity contribution is 7.12. The first kappa shape index (κ1) is 10.6. The maximum absolute atomic E-state index is 11.6. The monoisotopic (exact) mass is 236 g/mol. The number of carbonyl (C=O) groups is 1. The molecule has 0 spiro atoms. The summed E-state index contributed by atoms with van der Waals surface area (Å²) in [5.74, 6) is -1.05. The topological polar surface area (TPSA) is 72.2 Å². The fourth-order valence-corrected chi connectivity index (χ4v) is 2.12. The largest absolute Gasteiger partial charge is 0.478 e. The Morgan fingerprint density at radius 3 is 2.81 bits per heavy atom. The smallest absolute Gasteiger partial charge is 0.337 e. The number of aromatic carboxylic acids is 1. The summed E-state index contributed by atoms with van der Waals surface area (Å²) in [6.07, 6.45) is 1.57. The van der Waals surface area contributed by atoms with E-state index in [1.54, 1.807) is 18.5 Å². The summed E-state index contributed by atoms with van der Waals surface area (Å²) in [4.78, 5) is 26.6. The third-order valence-corrected chi connectivity index (χ3v) is 2.94. The van der Waals surface area contributed by atoms with Crippen molar-refractivity contribution in [3.8, 4) is 5.13 Å². The number of pyridine rings is 1. The van der Waals surface area contributed by atoms with E-state index in [9.17, 15) is 9.59 Å². The molecule has 1 N–H and O–H groups in total. The van der Waals surface area contributed by atoms with E-state index in [1.165, 1.54) is 28.0 Å². The molecular weight excluding hydrogens is 228 g/mol. The summed E-state index contributed by atoms with van der Waals surface area (Å²) in [6.45, 7) is 1.59. The van der Waals surface area contributed by atoms with E-state index in [4.69, 9.17) is 5.11 Å². The Kier molecular flexibility index (Phi) is 2.57. The summed E-state index contributed by atoms with van der Waals surface area (Å²) < 4.78 is 1.30. The lowest BCUT2D eigenvalue weighted by Gasteiger charge is -2.08. The van der Waals surface area contributed by atoms with Crippen LogP contribution in [0.5, 0.6) is 0 Å². The minimum Gasteiger partial charge on any atom is -0.478 e. The van der Waals surface area contributed by atoms with Crippen molar-refractivity contribution in [2.24, 2.45) is 0 Å². The Morgan fingerprint density at radius 2 is 2.25 bits per heavy atom. The molecular formula is C10H8N2O3S. The van der Waals surface area contributed by atoms with Gasteiger partial charge in [-0.15, -0.1) is 11.3 Å². The first-order valence-electron chi connectivity index (χ1n) is 4.47. The zero-order valence-electron chi connectivity index (χ0n) is 8.38. The summed E-state index contributed by atoms with van der Waals surface area (Å²) in [5.41, 5.74) is 0.210. The molecule has 0 saturated heterocycles. The molecule has 0 amide bonds. The van der Waals surface area contributed by atoms with Gasteiger partial charge in [0.2, 0.25) is 0 Å². The van der Waals surface area contributed by atoms with E-state index in [2.05, 4.69) is 4.98 Å². The van der Waals surface area contributed by atoms with Crippen LogP contribution in [0.1, 0.15) is 16.1 Å². The van der Waals surface area contributed by atoms with E-state index < -0.39 is 5.97 Å². The Hall–Kier alpha value is -1.95. The molecule has 6 heteroatoms. The van der Waals surface area contributed by atoms with Crippen molar-refractivity contribution in [2.45, 2.75) is 6.92 Å². The number of nitrogens with zero attached hydrogens (tertiary/aromatic N) is 2. The van der Waals surface area contributed by atoms with Crippen LogP contribution < -0.4 is 5.56 Å². The summed E-state index contributed by atoms with van der Waals surface area (Å²) >= 11 is 1.28. The zero-order valence-corrected chi connectivity index (χ0v) is 9.19. The SMILES string of the molecule is Cc1c(C(=O)O)ccc(=O)n1-c1nccs1. The molecule has 0 aliphatic heterocycles. The van der Waals surface area contributed by atoms with Crippen LogP contribution in [-0.4, -0.2) is 20.6 Å². The Bertz CT molecular complexity index is 587. The number of hydrogen-bond donors (Lipinski definition) is 1. The highest BCUT2D eigenvalue weighted by Gasteiger charge is 2.13. The molecule has 0 bridgehead atoms. The van der Waals surface area contributed by atoms with Crippen LogP contribution in [0.4, 0.5) is 0 Å². The molecule has 0 saturated carbocycles. The normalized spacial score (nSPS) is 10.3. The Balaban J connectivity index is 2.74. The van der Waals surface area contributed by atoms with Gasteiger partial charge in [0.15, 0.2) is 5.13 Å².